The van der Waals surface area contributed by atoms with E-state index in [9.17, 15) is 36.6 Å². The lowest BCUT2D eigenvalue weighted by atomic mass is 9.84. The topological polar surface area (TPSA) is 40.5 Å². The third-order valence-corrected chi connectivity index (χ3v) is 5.38. The number of hydrogen-bond donors (Lipinski definition) is 2. The van der Waals surface area contributed by atoms with E-state index in [1.807, 2.05) is 0 Å². The second kappa shape index (κ2) is 7.79. The van der Waals surface area contributed by atoms with Crippen LogP contribution in [0.4, 0.5) is 26.3 Å². The number of aliphatic hydroxyl groups is 2. The number of halogens is 6. The smallest absolute Gasteiger partial charge is 0.379 e. The number of rotatable bonds is 3. The van der Waals surface area contributed by atoms with Crippen LogP contribution < -0.4 is 0 Å². The molecule has 0 saturated heterocycles. The zero-order chi connectivity index (χ0) is 23.3. The summed E-state index contributed by atoms with van der Waals surface area (Å²) in [6, 6.07) is 17.4. The van der Waals surface area contributed by atoms with E-state index in [1.54, 1.807) is 36.4 Å². The molecule has 0 spiro atoms. The van der Waals surface area contributed by atoms with Crippen molar-refractivity contribution in [1.29, 1.82) is 0 Å². The van der Waals surface area contributed by atoms with Crippen LogP contribution in [0, 0.1) is 0 Å². The van der Waals surface area contributed by atoms with E-state index in [4.69, 9.17) is 0 Å². The van der Waals surface area contributed by atoms with Crippen molar-refractivity contribution < 1.29 is 36.6 Å². The van der Waals surface area contributed by atoms with Gasteiger partial charge < -0.3 is 10.2 Å². The van der Waals surface area contributed by atoms with E-state index >= 15 is 0 Å². The van der Waals surface area contributed by atoms with Crippen LogP contribution >= 0.6 is 0 Å². The minimum Gasteiger partial charge on any atom is -0.379 e. The van der Waals surface area contributed by atoms with Crippen LogP contribution in [-0.2, 0) is 0 Å². The van der Waals surface area contributed by atoms with Crippen LogP contribution in [0.3, 0.4) is 0 Å². The van der Waals surface area contributed by atoms with Crippen molar-refractivity contribution in [3.05, 3.63) is 83.9 Å². The summed E-state index contributed by atoms with van der Waals surface area (Å²) in [5.41, 5.74) is -1.60. The summed E-state index contributed by atoms with van der Waals surface area (Å²) >= 11 is 0. The molecular formula is C24H16F6O2. The Balaban J connectivity index is 2.20. The Morgan fingerprint density at radius 2 is 0.844 bits per heavy atom. The first kappa shape index (κ1) is 22.1. The SMILES string of the molecule is OC(c1ccc2ccccc2c1-c1c(C(O)C(F)(F)F)ccc2ccccc12)C(F)(F)F. The summed E-state index contributed by atoms with van der Waals surface area (Å²) in [6.45, 7) is 0. The lowest BCUT2D eigenvalue weighted by Crippen LogP contribution is -2.23. The third kappa shape index (κ3) is 3.80. The van der Waals surface area contributed by atoms with Crippen molar-refractivity contribution in [3.63, 3.8) is 0 Å². The van der Waals surface area contributed by atoms with E-state index in [-0.39, 0.29) is 21.9 Å². The number of aliphatic hydroxyl groups excluding tert-OH is 2. The van der Waals surface area contributed by atoms with E-state index in [1.165, 1.54) is 24.3 Å². The Bertz CT molecular complexity index is 1190. The molecule has 0 bridgehead atoms. The zero-order valence-corrected chi connectivity index (χ0v) is 16.2. The largest absolute Gasteiger partial charge is 0.418 e. The van der Waals surface area contributed by atoms with Crippen LogP contribution in [0.5, 0.6) is 0 Å². The number of hydrogen-bond acceptors (Lipinski definition) is 2. The van der Waals surface area contributed by atoms with Crippen LogP contribution in [0.1, 0.15) is 23.3 Å². The highest BCUT2D eigenvalue weighted by Gasteiger charge is 2.43. The van der Waals surface area contributed by atoms with Crippen molar-refractivity contribution in [3.8, 4) is 11.1 Å². The molecule has 0 aliphatic carbocycles. The number of fused-ring (bicyclic) bond motifs is 2. The third-order valence-electron chi connectivity index (χ3n) is 5.38. The van der Waals surface area contributed by atoms with E-state index in [0.717, 1.165) is 12.1 Å². The van der Waals surface area contributed by atoms with Gasteiger partial charge in [0.2, 0.25) is 0 Å². The summed E-state index contributed by atoms with van der Waals surface area (Å²) < 4.78 is 81.1. The van der Waals surface area contributed by atoms with Gasteiger partial charge in [-0.2, -0.15) is 26.3 Å². The maximum atomic E-state index is 13.5. The normalized spacial score (nSPS) is 14.6. The molecule has 8 heteroatoms. The van der Waals surface area contributed by atoms with E-state index in [0.29, 0.717) is 10.8 Å². The molecule has 32 heavy (non-hydrogen) atoms. The average Bonchev–Trinajstić information content (AvgIpc) is 2.75. The van der Waals surface area contributed by atoms with Crippen molar-refractivity contribution in [2.24, 2.45) is 0 Å². The van der Waals surface area contributed by atoms with Crippen molar-refractivity contribution in [1.82, 2.24) is 0 Å². The van der Waals surface area contributed by atoms with Crippen LogP contribution in [0.2, 0.25) is 0 Å². The predicted octanol–water partition coefficient (Wildman–Crippen LogP) is 6.85. The van der Waals surface area contributed by atoms with Gasteiger partial charge >= 0.3 is 12.4 Å². The van der Waals surface area contributed by atoms with Gasteiger partial charge in [-0.05, 0) is 43.8 Å². The Kier molecular flexibility index (Phi) is 5.38. The molecule has 4 aromatic rings. The summed E-state index contributed by atoms with van der Waals surface area (Å²) in [5, 5.41) is 21.6. The molecule has 0 amide bonds. The molecular weight excluding hydrogens is 434 g/mol. The van der Waals surface area contributed by atoms with Crippen molar-refractivity contribution >= 4 is 21.5 Å². The second-order valence-corrected chi connectivity index (χ2v) is 7.39. The molecule has 0 saturated carbocycles. The fourth-order valence-electron chi connectivity index (χ4n) is 3.94. The summed E-state index contributed by atoms with van der Waals surface area (Å²) in [4.78, 5) is 0. The Labute approximate surface area is 178 Å². The Hall–Kier alpha value is -3.10. The lowest BCUT2D eigenvalue weighted by molar-refractivity contribution is -0.207. The molecule has 0 aliphatic heterocycles. The Morgan fingerprint density at radius 3 is 1.19 bits per heavy atom. The Morgan fingerprint density at radius 1 is 0.500 bits per heavy atom. The first-order valence-corrected chi connectivity index (χ1v) is 9.53. The highest BCUT2D eigenvalue weighted by molar-refractivity contribution is 6.08. The number of benzene rings is 4. The molecule has 2 unspecified atom stereocenters. The molecule has 4 aromatic carbocycles. The second-order valence-electron chi connectivity index (χ2n) is 7.39. The minimum atomic E-state index is -5.05. The quantitative estimate of drug-likeness (QED) is 0.335. The van der Waals surface area contributed by atoms with E-state index < -0.39 is 35.7 Å². The maximum absolute atomic E-state index is 13.5. The summed E-state index contributed by atoms with van der Waals surface area (Å²) in [5.74, 6) is 0. The predicted molar refractivity (Wildman–Crippen MR) is 109 cm³/mol. The molecule has 0 aliphatic rings. The van der Waals surface area contributed by atoms with Crippen LogP contribution in [0.25, 0.3) is 32.7 Å². The lowest BCUT2D eigenvalue weighted by Gasteiger charge is -2.25. The molecule has 0 radical (unpaired) electrons. The first-order valence-electron chi connectivity index (χ1n) is 9.53. The zero-order valence-electron chi connectivity index (χ0n) is 16.2. The maximum Gasteiger partial charge on any atom is 0.418 e. The minimum absolute atomic E-state index is 0.206. The highest BCUT2D eigenvalue weighted by Crippen LogP contribution is 2.47. The summed E-state index contributed by atoms with van der Waals surface area (Å²) in [7, 11) is 0. The first-order chi connectivity index (χ1) is 15.0. The van der Waals surface area contributed by atoms with Gasteiger partial charge in [0.25, 0.3) is 0 Å². The standard InChI is InChI=1S/C24H16F6O2/c25-23(26,27)21(31)17-11-9-13-5-1-3-7-15(13)19(17)20-16-8-4-2-6-14(16)10-12-18(20)22(32)24(28,29)30/h1-12,21-22,31-32H. The van der Waals surface area contributed by atoms with Gasteiger partial charge in [-0.15, -0.1) is 0 Å². The van der Waals surface area contributed by atoms with Gasteiger partial charge in [-0.3, -0.25) is 0 Å². The van der Waals surface area contributed by atoms with Gasteiger partial charge in [0.1, 0.15) is 0 Å². The van der Waals surface area contributed by atoms with Crippen molar-refractivity contribution in [2.45, 2.75) is 24.6 Å². The molecule has 0 aromatic heterocycles. The average molecular weight is 450 g/mol. The van der Waals surface area contributed by atoms with Crippen molar-refractivity contribution in [2.75, 3.05) is 0 Å². The molecule has 166 valence electrons. The van der Waals surface area contributed by atoms with Gasteiger partial charge in [0.05, 0.1) is 0 Å². The fraction of sp³-hybridized carbons (Fsp3) is 0.167. The number of alkyl halides is 6. The van der Waals surface area contributed by atoms with Gasteiger partial charge in [0, 0.05) is 0 Å². The van der Waals surface area contributed by atoms with Gasteiger partial charge in [-0.1, -0.05) is 72.8 Å². The molecule has 0 heterocycles. The molecule has 2 nitrogen and oxygen atoms in total. The fourth-order valence-corrected chi connectivity index (χ4v) is 3.94. The van der Waals surface area contributed by atoms with Crippen LogP contribution in [-0.4, -0.2) is 22.6 Å². The molecule has 2 N–H and O–H groups in total. The monoisotopic (exact) mass is 450 g/mol. The summed E-state index contributed by atoms with van der Waals surface area (Å²) in [6.07, 6.45) is -16.0. The van der Waals surface area contributed by atoms with Crippen LogP contribution in [0.15, 0.2) is 72.8 Å². The van der Waals surface area contributed by atoms with Gasteiger partial charge in [0.15, 0.2) is 12.2 Å². The van der Waals surface area contributed by atoms with E-state index in [2.05, 4.69) is 0 Å². The highest BCUT2D eigenvalue weighted by atomic mass is 19.4. The molecule has 0 fully saturated rings. The molecule has 4 rings (SSSR count). The molecule has 2 atom stereocenters. The van der Waals surface area contributed by atoms with Gasteiger partial charge in [-0.25, -0.2) is 0 Å².